The molecule has 0 amide bonds. The Hall–Kier alpha value is -1.82. The highest BCUT2D eigenvalue weighted by Crippen LogP contribution is 2.30. The Morgan fingerprint density at radius 3 is 2.56 bits per heavy atom. The first kappa shape index (κ1) is 11.3. The van der Waals surface area contributed by atoms with Crippen molar-refractivity contribution in [2.24, 2.45) is 0 Å². The predicted octanol–water partition coefficient (Wildman–Crippen LogP) is 1.42. The molecule has 0 unspecified atom stereocenters. The number of morpholine rings is 1. The standard InChI is InChI=1S/C12H16N4O2/c1-7-5-16(6-8(2)17-7)10-4-3-9(13)11-12(10)15-18-14-11/h3-4,7-8H,5-6,13H2,1-2H3/t7-,8+. The molecule has 0 saturated carbocycles. The van der Waals surface area contributed by atoms with Crippen LogP contribution in [0, 0.1) is 0 Å². The van der Waals surface area contributed by atoms with Crippen LogP contribution in [0.5, 0.6) is 0 Å². The fourth-order valence-corrected chi connectivity index (χ4v) is 2.50. The van der Waals surface area contributed by atoms with Crippen molar-refractivity contribution in [2.75, 3.05) is 23.7 Å². The molecule has 1 aromatic heterocycles. The van der Waals surface area contributed by atoms with Gasteiger partial charge in [-0.3, -0.25) is 0 Å². The number of nitrogens with two attached hydrogens (primary N) is 1. The van der Waals surface area contributed by atoms with Gasteiger partial charge in [0.1, 0.15) is 0 Å². The van der Waals surface area contributed by atoms with Crippen molar-refractivity contribution in [3.05, 3.63) is 12.1 Å². The largest absolute Gasteiger partial charge is 0.397 e. The second kappa shape index (κ2) is 4.13. The second-order valence-corrected chi connectivity index (χ2v) is 4.80. The number of rotatable bonds is 1. The van der Waals surface area contributed by atoms with Crippen LogP contribution in [0.1, 0.15) is 13.8 Å². The van der Waals surface area contributed by atoms with E-state index in [0.717, 1.165) is 24.3 Å². The molecule has 2 N–H and O–H groups in total. The van der Waals surface area contributed by atoms with Gasteiger partial charge in [-0.25, -0.2) is 4.63 Å². The van der Waals surface area contributed by atoms with Crippen molar-refractivity contribution in [3.8, 4) is 0 Å². The predicted molar refractivity (Wildman–Crippen MR) is 68.4 cm³/mol. The molecule has 1 aliphatic rings. The number of hydrogen-bond donors (Lipinski definition) is 1. The summed E-state index contributed by atoms with van der Waals surface area (Å²) in [5, 5.41) is 7.80. The van der Waals surface area contributed by atoms with Crippen LogP contribution >= 0.6 is 0 Å². The zero-order chi connectivity index (χ0) is 12.7. The van der Waals surface area contributed by atoms with Crippen molar-refractivity contribution in [3.63, 3.8) is 0 Å². The summed E-state index contributed by atoms with van der Waals surface area (Å²) in [6, 6.07) is 3.80. The van der Waals surface area contributed by atoms with Gasteiger partial charge >= 0.3 is 0 Å². The highest BCUT2D eigenvalue weighted by atomic mass is 16.6. The Bertz CT molecular complexity index is 558. The smallest absolute Gasteiger partial charge is 0.160 e. The molecule has 2 atom stereocenters. The summed E-state index contributed by atoms with van der Waals surface area (Å²) in [5.74, 6) is 0. The van der Waals surface area contributed by atoms with Crippen LogP contribution in [0.4, 0.5) is 11.4 Å². The number of anilines is 2. The molecule has 1 aliphatic heterocycles. The van der Waals surface area contributed by atoms with E-state index >= 15 is 0 Å². The number of ether oxygens (including phenoxy) is 1. The molecule has 18 heavy (non-hydrogen) atoms. The first-order valence-electron chi connectivity index (χ1n) is 6.06. The molecule has 6 heteroatoms. The van der Waals surface area contributed by atoms with Gasteiger partial charge < -0.3 is 15.4 Å². The van der Waals surface area contributed by atoms with E-state index in [1.165, 1.54) is 0 Å². The summed E-state index contributed by atoms with van der Waals surface area (Å²) in [6.07, 6.45) is 0.391. The topological polar surface area (TPSA) is 77.4 Å². The summed E-state index contributed by atoms with van der Waals surface area (Å²) in [7, 11) is 0. The second-order valence-electron chi connectivity index (χ2n) is 4.80. The van der Waals surface area contributed by atoms with Crippen LogP contribution in [0.25, 0.3) is 11.0 Å². The van der Waals surface area contributed by atoms with E-state index in [2.05, 4.69) is 29.1 Å². The maximum Gasteiger partial charge on any atom is 0.160 e. The third-order valence-corrected chi connectivity index (χ3v) is 3.19. The van der Waals surface area contributed by atoms with Crippen LogP contribution in [-0.4, -0.2) is 35.6 Å². The fraction of sp³-hybridized carbons (Fsp3) is 0.500. The van der Waals surface area contributed by atoms with Gasteiger partial charge in [0.25, 0.3) is 0 Å². The lowest BCUT2D eigenvalue weighted by Gasteiger charge is -2.36. The molecule has 0 bridgehead atoms. The molecule has 0 spiro atoms. The maximum absolute atomic E-state index is 5.85. The molecule has 2 aromatic rings. The van der Waals surface area contributed by atoms with Gasteiger partial charge in [-0.15, -0.1) is 0 Å². The zero-order valence-corrected chi connectivity index (χ0v) is 10.5. The molecule has 0 aliphatic carbocycles. The lowest BCUT2D eigenvalue weighted by molar-refractivity contribution is -0.00514. The number of fused-ring (bicyclic) bond motifs is 1. The van der Waals surface area contributed by atoms with Crippen LogP contribution in [0.3, 0.4) is 0 Å². The van der Waals surface area contributed by atoms with Gasteiger partial charge in [0.2, 0.25) is 0 Å². The lowest BCUT2D eigenvalue weighted by Crippen LogP contribution is -2.45. The Morgan fingerprint density at radius 1 is 1.17 bits per heavy atom. The number of nitrogen functional groups attached to an aromatic ring is 1. The first-order valence-corrected chi connectivity index (χ1v) is 6.06. The molecular weight excluding hydrogens is 232 g/mol. The Labute approximate surface area is 105 Å². The molecule has 6 nitrogen and oxygen atoms in total. The Kier molecular flexibility index (Phi) is 2.59. The Morgan fingerprint density at radius 2 is 1.83 bits per heavy atom. The van der Waals surface area contributed by atoms with Gasteiger partial charge in [0.05, 0.1) is 23.6 Å². The van der Waals surface area contributed by atoms with E-state index < -0.39 is 0 Å². The van der Waals surface area contributed by atoms with Crippen molar-refractivity contribution >= 4 is 22.4 Å². The monoisotopic (exact) mass is 248 g/mol. The quantitative estimate of drug-likeness (QED) is 0.769. The fourth-order valence-electron chi connectivity index (χ4n) is 2.50. The average Bonchev–Trinajstić information content (AvgIpc) is 2.77. The summed E-state index contributed by atoms with van der Waals surface area (Å²) < 4.78 is 10.5. The highest BCUT2D eigenvalue weighted by Gasteiger charge is 2.25. The number of benzene rings is 1. The molecular formula is C12H16N4O2. The summed E-state index contributed by atoms with van der Waals surface area (Å²) in [5.41, 5.74) is 8.78. The average molecular weight is 248 g/mol. The van der Waals surface area contributed by atoms with Crippen LogP contribution in [-0.2, 0) is 4.74 Å². The third-order valence-electron chi connectivity index (χ3n) is 3.19. The van der Waals surface area contributed by atoms with Crippen molar-refractivity contribution in [1.29, 1.82) is 0 Å². The normalized spacial score (nSPS) is 24.7. The van der Waals surface area contributed by atoms with E-state index in [4.69, 9.17) is 15.1 Å². The highest BCUT2D eigenvalue weighted by molar-refractivity contribution is 5.95. The molecule has 0 radical (unpaired) electrons. The summed E-state index contributed by atoms with van der Waals surface area (Å²) in [6.45, 7) is 5.79. The zero-order valence-electron chi connectivity index (χ0n) is 10.5. The van der Waals surface area contributed by atoms with Gasteiger partial charge in [-0.1, -0.05) is 0 Å². The summed E-state index contributed by atoms with van der Waals surface area (Å²) >= 11 is 0. The van der Waals surface area contributed by atoms with Crippen molar-refractivity contribution in [1.82, 2.24) is 10.3 Å². The SMILES string of the molecule is C[C@@H]1CN(c2ccc(N)c3nonc23)C[C@H](C)O1. The number of nitrogens with zero attached hydrogens (tertiary/aromatic N) is 3. The first-order chi connectivity index (χ1) is 8.65. The molecule has 1 fully saturated rings. The minimum atomic E-state index is 0.196. The van der Waals surface area contributed by atoms with Crippen LogP contribution < -0.4 is 10.6 Å². The minimum Gasteiger partial charge on any atom is -0.397 e. The lowest BCUT2D eigenvalue weighted by atomic mass is 10.1. The Balaban J connectivity index is 2.03. The third kappa shape index (κ3) is 1.78. The molecule has 3 rings (SSSR count). The molecule has 2 heterocycles. The van der Waals surface area contributed by atoms with E-state index in [9.17, 15) is 0 Å². The van der Waals surface area contributed by atoms with Crippen molar-refractivity contribution < 1.29 is 9.37 Å². The minimum absolute atomic E-state index is 0.196. The van der Waals surface area contributed by atoms with E-state index in [0.29, 0.717) is 11.2 Å². The van der Waals surface area contributed by atoms with E-state index in [-0.39, 0.29) is 12.2 Å². The summed E-state index contributed by atoms with van der Waals surface area (Å²) in [4.78, 5) is 2.24. The van der Waals surface area contributed by atoms with Crippen LogP contribution in [0.15, 0.2) is 16.8 Å². The van der Waals surface area contributed by atoms with E-state index in [1.807, 2.05) is 12.1 Å². The molecule has 96 valence electrons. The van der Waals surface area contributed by atoms with Gasteiger partial charge in [0.15, 0.2) is 11.0 Å². The molecule has 1 saturated heterocycles. The molecule has 1 aromatic carbocycles. The van der Waals surface area contributed by atoms with Crippen LogP contribution in [0.2, 0.25) is 0 Å². The maximum atomic E-state index is 5.85. The van der Waals surface area contributed by atoms with E-state index in [1.54, 1.807) is 0 Å². The number of aromatic nitrogens is 2. The van der Waals surface area contributed by atoms with Gasteiger partial charge in [0, 0.05) is 13.1 Å². The number of hydrogen-bond acceptors (Lipinski definition) is 6. The van der Waals surface area contributed by atoms with Gasteiger partial charge in [-0.05, 0) is 36.3 Å². The van der Waals surface area contributed by atoms with Crippen molar-refractivity contribution in [2.45, 2.75) is 26.1 Å². The van der Waals surface area contributed by atoms with Gasteiger partial charge in [-0.2, -0.15) is 0 Å².